The van der Waals surface area contributed by atoms with E-state index in [-0.39, 0.29) is 53.6 Å². The lowest BCUT2D eigenvalue weighted by Crippen LogP contribution is -2.50. The van der Waals surface area contributed by atoms with Gasteiger partial charge in [0.1, 0.15) is 42.6 Å². The van der Waals surface area contributed by atoms with Crippen molar-refractivity contribution in [2.45, 2.75) is 76.6 Å². The number of nitrogen functional groups attached to an aromatic ring is 2. The van der Waals surface area contributed by atoms with E-state index in [4.69, 9.17) is 38.7 Å². The Labute approximate surface area is 285 Å². The van der Waals surface area contributed by atoms with Gasteiger partial charge in [0.15, 0.2) is 37.2 Å². The molecule has 2 aliphatic heterocycles. The van der Waals surface area contributed by atoms with Crippen molar-refractivity contribution in [3.8, 4) is 0 Å². The zero-order valence-electron chi connectivity index (χ0n) is 26.5. The Morgan fingerprint density at radius 2 is 1.79 bits per heavy atom. The minimum Gasteiger partial charge on any atom is -0.408 e. The average Bonchev–Trinajstić information content (AvgIpc) is 3.65. The van der Waals surface area contributed by atoms with Crippen LogP contribution < -0.4 is 17.0 Å². The van der Waals surface area contributed by atoms with Gasteiger partial charge in [0, 0.05) is 6.54 Å². The van der Waals surface area contributed by atoms with Crippen molar-refractivity contribution in [1.29, 1.82) is 0 Å². The summed E-state index contributed by atoms with van der Waals surface area (Å²) in [7, 11) is -2.61. The van der Waals surface area contributed by atoms with Crippen LogP contribution in [0.4, 0.5) is 11.8 Å². The van der Waals surface area contributed by atoms with Crippen molar-refractivity contribution in [1.82, 2.24) is 39.0 Å². The molecule has 24 heteroatoms. The molecule has 0 spiro atoms. The number of hydrogen-bond acceptors (Lipinski definition) is 16. The number of imidazole rings is 2. The minimum atomic E-state index is -4.29. The van der Waals surface area contributed by atoms with Crippen LogP contribution in [-0.2, 0) is 49.5 Å². The highest BCUT2D eigenvalue weighted by Crippen LogP contribution is 2.59. The number of hydrogen-bond donors (Lipinski definition) is 5. The van der Waals surface area contributed by atoms with Crippen LogP contribution in [0.3, 0.4) is 0 Å². The van der Waals surface area contributed by atoms with E-state index in [1.165, 1.54) is 21.8 Å². The van der Waals surface area contributed by atoms with Crippen LogP contribution in [0, 0.1) is 0 Å². The van der Waals surface area contributed by atoms with Crippen molar-refractivity contribution >= 4 is 80.5 Å². The van der Waals surface area contributed by atoms with Gasteiger partial charge < -0.3 is 25.2 Å². The van der Waals surface area contributed by atoms with E-state index < -0.39 is 58.6 Å². The number of anilines is 2. The summed E-state index contributed by atoms with van der Waals surface area (Å²) >= 11 is 8.51. The van der Waals surface area contributed by atoms with Gasteiger partial charge in [-0.15, -0.1) is 0 Å². The van der Waals surface area contributed by atoms with Gasteiger partial charge >= 0.3 is 13.6 Å². The molecular weight excluding hydrogens is 726 g/mol. The highest BCUT2D eigenvalue weighted by molar-refractivity contribution is 8.44. The monoisotopic (exact) mass is 762 g/mol. The Kier molecular flexibility index (Phi) is 9.42. The summed E-state index contributed by atoms with van der Waals surface area (Å²) in [6.07, 6.45) is -1.50. The molecular formula is C24H36N10O9P2S2Si. The number of rotatable bonds is 3. The molecule has 2 aliphatic rings. The van der Waals surface area contributed by atoms with Gasteiger partial charge in [-0.25, -0.2) is 29.1 Å². The van der Waals surface area contributed by atoms with E-state index >= 15 is 0 Å². The number of ether oxygens (including phenoxy) is 1. The molecule has 6 heterocycles. The fourth-order valence-electron chi connectivity index (χ4n) is 5.09. The number of nitrogens with one attached hydrogen (secondary N) is 1. The molecule has 5 N–H and O–H groups in total. The molecule has 262 valence electrons. The summed E-state index contributed by atoms with van der Waals surface area (Å²) in [5, 5.41) is -0.277. The summed E-state index contributed by atoms with van der Waals surface area (Å²) < 4.78 is 67.1. The number of nitrogens with zero attached hydrogens (tertiary/aromatic N) is 7. The summed E-state index contributed by atoms with van der Waals surface area (Å²) in [5.41, 5.74) is 11.8. The number of thiol groups is 2. The first-order chi connectivity index (χ1) is 22.4. The standard InChI is InChI=1S/C24H36N10O9P2S2Si/c1-24(2,3)48(4,5)43-16-12-8-39-44(36,46)38-7-6-33-13(30-15-20(33)31-23(26)32-21(15)35)9-40-45(37,47)42-17(16)22(41-12)34-11-29-14-18(25)27-10-28-19(14)34/h10-12,16-17,22H,6-9H2,1-5H3,(H,36,46)(H,37,47)(H2,25,27,28)(H3,26,31,32,35)/t12-,16?,17-,22-,44?,45?/m1/s1. The van der Waals surface area contributed by atoms with Gasteiger partial charge in [0.2, 0.25) is 5.95 Å². The van der Waals surface area contributed by atoms with Crippen LogP contribution in [-0.4, -0.2) is 78.9 Å². The quantitative estimate of drug-likeness (QED) is 0.114. The molecule has 0 aliphatic carbocycles. The molecule has 0 saturated carbocycles. The van der Waals surface area contributed by atoms with Crippen LogP contribution in [0.15, 0.2) is 17.4 Å². The number of fused-ring (bicyclic) bond motifs is 6. The third-order valence-corrected chi connectivity index (χ3v) is 16.2. The first-order valence-corrected chi connectivity index (χ1v) is 22.9. The molecule has 0 radical (unpaired) electrons. The van der Waals surface area contributed by atoms with Crippen molar-refractivity contribution in [2.24, 2.45) is 0 Å². The Balaban J connectivity index is 1.45. The van der Waals surface area contributed by atoms with E-state index in [2.05, 4.69) is 75.2 Å². The van der Waals surface area contributed by atoms with Crippen LogP contribution >= 0.6 is 38.1 Å². The van der Waals surface area contributed by atoms with Crippen molar-refractivity contribution in [2.75, 3.05) is 24.7 Å². The van der Waals surface area contributed by atoms with Crippen LogP contribution in [0.25, 0.3) is 22.3 Å². The number of aromatic nitrogens is 8. The average molecular weight is 763 g/mol. The zero-order chi connectivity index (χ0) is 34.8. The molecule has 1 fully saturated rings. The summed E-state index contributed by atoms with van der Waals surface area (Å²) in [6, 6.07) is 0. The normalized spacial score (nSPS) is 29.5. The topological polar surface area (TPSA) is 249 Å². The highest BCUT2D eigenvalue weighted by atomic mass is 32.7. The van der Waals surface area contributed by atoms with Crippen molar-refractivity contribution in [3.63, 3.8) is 0 Å². The fourth-order valence-corrected chi connectivity index (χ4v) is 8.95. The summed E-state index contributed by atoms with van der Waals surface area (Å²) in [4.78, 5) is 36.2. The molecule has 48 heavy (non-hydrogen) atoms. The van der Waals surface area contributed by atoms with Gasteiger partial charge in [-0.3, -0.25) is 32.4 Å². The summed E-state index contributed by atoms with van der Waals surface area (Å²) in [5.74, 6) is 0.0824. The van der Waals surface area contributed by atoms with E-state index in [0.717, 1.165) is 0 Å². The SMILES string of the molecule is CC(C)(C)[Si](C)(C)OC1[C@H]2OP(=O)(S)OCc3nc4c(=O)[nH]c(N)nc4n3CCOP(=O)(S)OC[C@H]1O[C@H]2n1cnc2c(N)ncnc21. The molecule has 4 aromatic rings. The summed E-state index contributed by atoms with van der Waals surface area (Å²) in [6.45, 7) is 0.872. The molecule has 2 bridgehead atoms. The lowest BCUT2D eigenvalue weighted by Gasteiger charge is -2.40. The van der Waals surface area contributed by atoms with Crippen molar-refractivity contribution in [3.05, 3.63) is 28.8 Å². The highest BCUT2D eigenvalue weighted by Gasteiger charge is 2.54. The molecule has 19 nitrogen and oxygen atoms in total. The number of aromatic amines is 1. The lowest BCUT2D eigenvalue weighted by atomic mass is 10.1. The van der Waals surface area contributed by atoms with E-state index in [9.17, 15) is 13.9 Å². The van der Waals surface area contributed by atoms with Crippen LogP contribution in [0.2, 0.25) is 18.1 Å². The zero-order valence-corrected chi connectivity index (χ0v) is 31.1. The van der Waals surface area contributed by atoms with Gasteiger partial charge in [-0.1, -0.05) is 45.3 Å². The second-order valence-corrected chi connectivity index (χ2v) is 23.3. The second kappa shape index (κ2) is 12.8. The van der Waals surface area contributed by atoms with Gasteiger partial charge in [0.05, 0.1) is 19.5 Å². The van der Waals surface area contributed by atoms with Crippen LogP contribution in [0.1, 0.15) is 32.8 Å². The van der Waals surface area contributed by atoms with Gasteiger partial charge in [-0.2, -0.15) is 4.98 Å². The Hall–Kier alpha value is -2.36. The predicted octanol–water partition coefficient (Wildman–Crippen LogP) is 3.44. The maximum absolute atomic E-state index is 14.1. The van der Waals surface area contributed by atoms with E-state index in [0.29, 0.717) is 11.2 Å². The molecule has 0 aromatic carbocycles. The molecule has 3 unspecified atom stereocenters. The molecule has 6 atom stereocenters. The van der Waals surface area contributed by atoms with Gasteiger partial charge in [-0.05, 0) is 18.1 Å². The smallest absolute Gasteiger partial charge is 0.387 e. The van der Waals surface area contributed by atoms with E-state index in [1.54, 1.807) is 0 Å². The molecule has 6 rings (SSSR count). The van der Waals surface area contributed by atoms with Gasteiger partial charge in [0.25, 0.3) is 5.56 Å². The maximum Gasteiger partial charge on any atom is 0.387 e. The predicted molar refractivity (Wildman–Crippen MR) is 183 cm³/mol. The Morgan fingerprint density at radius 3 is 2.52 bits per heavy atom. The maximum atomic E-state index is 14.1. The molecule has 0 amide bonds. The third kappa shape index (κ3) is 6.98. The minimum absolute atomic E-state index is 0.0306. The Morgan fingerprint density at radius 1 is 1.04 bits per heavy atom. The first-order valence-electron chi connectivity index (χ1n) is 14.6. The third-order valence-electron chi connectivity index (χ3n) is 8.47. The second-order valence-electron chi connectivity index (χ2n) is 12.7. The molecule has 1 saturated heterocycles. The van der Waals surface area contributed by atoms with Crippen molar-refractivity contribution < 1.29 is 36.4 Å². The number of nitrogens with two attached hydrogens (primary N) is 2. The fraction of sp³-hybridized carbons (Fsp3) is 0.583. The number of H-pyrrole nitrogens is 1. The van der Waals surface area contributed by atoms with Crippen LogP contribution in [0.5, 0.6) is 0 Å². The first kappa shape index (κ1) is 35.5. The lowest BCUT2D eigenvalue weighted by molar-refractivity contribution is -0.0460. The molecule has 4 aromatic heterocycles. The Bertz CT molecular complexity index is 2020. The largest absolute Gasteiger partial charge is 0.408 e. The van der Waals surface area contributed by atoms with E-state index in [1.807, 2.05) is 13.1 Å².